The van der Waals surface area contributed by atoms with Gasteiger partial charge in [0.25, 0.3) is 5.91 Å². The Bertz CT molecular complexity index is 1520. The number of benzene rings is 2. The third-order valence-corrected chi connectivity index (χ3v) is 6.86. The molecule has 0 saturated heterocycles. The number of rotatable bonds is 5. The van der Waals surface area contributed by atoms with E-state index in [1.165, 1.54) is 11.0 Å². The molecule has 9 heteroatoms. The molecule has 0 N–H and O–H groups in total. The maximum Gasteiger partial charge on any atom is 0.350 e. The summed E-state index contributed by atoms with van der Waals surface area (Å²) in [5, 5.41) is 1.14. The first kappa shape index (κ1) is 22.1. The highest BCUT2D eigenvalue weighted by molar-refractivity contribution is 7.17. The molecule has 1 aliphatic rings. The minimum atomic E-state index is -0.803. The van der Waals surface area contributed by atoms with Crippen molar-refractivity contribution in [3.8, 4) is 0 Å². The summed E-state index contributed by atoms with van der Waals surface area (Å²) in [5.41, 5.74) is 1.31. The van der Waals surface area contributed by atoms with E-state index in [1.807, 2.05) is 0 Å². The van der Waals surface area contributed by atoms with Crippen LogP contribution in [-0.4, -0.2) is 23.5 Å². The lowest BCUT2D eigenvalue weighted by atomic mass is 9.99. The van der Waals surface area contributed by atoms with Crippen LogP contribution in [0, 0.1) is 6.92 Å². The summed E-state index contributed by atoms with van der Waals surface area (Å²) in [5.74, 6) is -1.13. The molecular weight excluding hydrogens is 476 g/mol. The van der Waals surface area contributed by atoms with E-state index in [9.17, 15) is 14.4 Å². The van der Waals surface area contributed by atoms with Gasteiger partial charge in [-0.3, -0.25) is 14.5 Å². The molecule has 7 nitrogen and oxygen atoms in total. The molecule has 5 rings (SSSR count). The highest BCUT2D eigenvalue weighted by atomic mass is 35.5. The van der Waals surface area contributed by atoms with Crippen LogP contribution in [0.3, 0.4) is 0 Å². The van der Waals surface area contributed by atoms with Crippen molar-refractivity contribution < 1.29 is 18.7 Å². The number of fused-ring (bicyclic) bond motifs is 2. The molecule has 4 aromatic rings. The SMILES string of the molecule is C=CCOC(=O)c1sc(N2C(=O)c3oc4ccccc4c(=O)c3[C@H]2c2ccc(Cl)cc2)nc1C. The Morgan fingerprint density at radius 1 is 1.24 bits per heavy atom. The molecule has 0 aliphatic carbocycles. The van der Waals surface area contributed by atoms with Gasteiger partial charge in [0.2, 0.25) is 5.76 Å². The molecule has 1 aliphatic heterocycles. The van der Waals surface area contributed by atoms with Crippen LogP contribution < -0.4 is 10.3 Å². The van der Waals surface area contributed by atoms with Crippen LogP contribution in [0.1, 0.15) is 43.1 Å². The van der Waals surface area contributed by atoms with Crippen LogP contribution >= 0.6 is 22.9 Å². The number of hydrogen-bond acceptors (Lipinski definition) is 7. The molecule has 0 bridgehead atoms. The summed E-state index contributed by atoms with van der Waals surface area (Å²) in [6, 6.07) is 12.8. The van der Waals surface area contributed by atoms with Gasteiger partial charge in [-0.05, 0) is 36.8 Å². The molecule has 34 heavy (non-hydrogen) atoms. The highest BCUT2D eigenvalue weighted by Gasteiger charge is 2.45. The van der Waals surface area contributed by atoms with Crippen molar-refractivity contribution in [1.29, 1.82) is 0 Å². The zero-order valence-corrected chi connectivity index (χ0v) is 19.5. The number of carbonyl (C=O) groups excluding carboxylic acids is 2. The van der Waals surface area contributed by atoms with E-state index in [0.717, 1.165) is 11.3 Å². The van der Waals surface area contributed by atoms with Crippen LogP contribution in [0.2, 0.25) is 5.02 Å². The number of para-hydroxylation sites is 1. The van der Waals surface area contributed by atoms with Crippen molar-refractivity contribution in [3.63, 3.8) is 0 Å². The standard InChI is InChI=1S/C25H17ClN2O5S/c1-3-12-32-24(31)22-13(2)27-25(34-22)28-19(14-8-10-15(26)11-9-14)18-20(29)16-6-4-5-7-17(16)33-21(18)23(28)30/h3-11,19H,1,12H2,2H3/t19-/m1/s1. The Morgan fingerprint density at radius 2 is 1.97 bits per heavy atom. The molecule has 2 aromatic carbocycles. The minimum absolute atomic E-state index is 0.0488. The van der Waals surface area contributed by atoms with Gasteiger partial charge >= 0.3 is 5.97 Å². The molecule has 170 valence electrons. The second kappa shape index (κ2) is 8.55. The first-order valence-corrected chi connectivity index (χ1v) is 11.5. The number of esters is 1. The third kappa shape index (κ3) is 3.52. The van der Waals surface area contributed by atoms with Crippen molar-refractivity contribution in [2.45, 2.75) is 13.0 Å². The van der Waals surface area contributed by atoms with Gasteiger partial charge in [-0.1, -0.05) is 59.9 Å². The molecule has 1 amide bonds. The number of amides is 1. The number of carbonyl (C=O) groups is 2. The second-order valence-electron chi connectivity index (χ2n) is 7.60. The monoisotopic (exact) mass is 492 g/mol. The van der Waals surface area contributed by atoms with Gasteiger partial charge in [-0.2, -0.15) is 0 Å². The van der Waals surface area contributed by atoms with E-state index >= 15 is 0 Å². The maximum absolute atomic E-state index is 13.6. The Hall–Kier alpha value is -3.75. The van der Waals surface area contributed by atoms with E-state index in [2.05, 4.69) is 11.6 Å². The quantitative estimate of drug-likeness (QED) is 0.277. The number of halogens is 1. The van der Waals surface area contributed by atoms with Gasteiger partial charge in [-0.15, -0.1) is 0 Å². The predicted octanol–water partition coefficient (Wildman–Crippen LogP) is 5.30. The number of thiazole rings is 1. The van der Waals surface area contributed by atoms with E-state index in [4.69, 9.17) is 20.8 Å². The lowest BCUT2D eigenvalue weighted by Crippen LogP contribution is -2.29. The lowest BCUT2D eigenvalue weighted by molar-refractivity contribution is 0.0554. The van der Waals surface area contributed by atoms with Gasteiger partial charge in [0.15, 0.2) is 10.6 Å². The number of aromatic nitrogens is 1. The maximum atomic E-state index is 13.6. The van der Waals surface area contributed by atoms with Gasteiger partial charge in [0.05, 0.1) is 22.7 Å². The molecule has 0 radical (unpaired) electrons. The van der Waals surface area contributed by atoms with Crippen molar-refractivity contribution in [3.05, 3.63) is 104 Å². The van der Waals surface area contributed by atoms with Gasteiger partial charge < -0.3 is 9.15 Å². The van der Waals surface area contributed by atoms with Crippen LogP contribution in [0.4, 0.5) is 5.13 Å². The summed E-state index contributed by atoms with van der Waals surface area (Å²) in [6.07, 6.45) is 1.47. The Labute approximate surface area is 202 Å². The molecule has 0 saturated carbocycles. The lowest BCUT2D eigenvalue weighted by Gasteiger charge is -2.22. The summed E-state index contributed by atoms with van der Waals surface area (Å²) in [6.45, 7) is 5.25. The Kier molecular flexibility index (Phi) is 5.55. The average Bonchev–Trinajstić information content (AvgIpc) is 3.36. The summed E-state index contributed by atoms with van der Waals surface area (Å²) in [7, 11) is 0. The van der Waals surface area contributed by atoms with Gasteiger partial charge in [-0.25, -0.2) is 9.78 Å². The molecule has 3 heterocycles. The molecule has 1 atom stereocenters. The fourth-order valence-corrected chi connectivity index (χ4v) is 5.07. The van der Waals surface area contributed by atoms with E-state index < -0.39 is 17.9 Å². The summed E-state index contributed by atoms with van der Waals surface area (Å²) >= 11 is 7.10. The smallest absolute Gasteiger partial charge is 0.350 e. The van der Waals surface area contributed by atoms with Crippen LogP contribution in [0.15, 0.2) is 70.4 Å². The molecule has 0 spiro atoms. The van der Waals surface area contributed by atoms with Crippen molar-refractivity contribution >= 4 is 50.9 Å². The number of anilines is 1. The van der Waals surface area contributed by atoms with Crippen LogP contribution in [0.5, 0.6) is 0 Å². The molecule has 2 aromatic heterocycles. The second-order valence-corrected chi connectivity index (χ2v) is 9.01. The first-order valence-electron chi connectivity index (χ1n) is 10.3. The fraction of sp³-hybridized carbons (Fsp3) is 0.120. The number of ether oxygens (including phenoxy) is 1. The largest absolute Gasteiger partial charge is 0.457 e. The number of hydrogen-bond donors (Lipinski definition) is 0. The van der Waals surface area contributed by atoms with Crippen molar-refractivity contribution in [1.82, 2.24) is 4.98 Å². The van der Waals surface area contributed by atoms with E-state index in [1.54, 1.807) is 55.5 Å². The van der Waals surface area contributed by atoms with Gasteiger partial charge in [0, 0.05) is 5.02 Å². The molecular formula is C25H17ClN2O5S. The molecule has 0 unspecified atom stereocenters. The molecule has 0 fully saturated rings. The first-order chi connectivity index (χ1) is 16.4. The van der Waals surface area contributed by atoms with Crippen LogP contribution in [-0.2, 0) is 4.74 Å². The zero-order chi connectivity index (χ0) is 24.0. The Balaban J connectivity index is 1.71. The zero-order valence-electron chi connectivity index (χ0n) is 17.9. The highest BCUT2D eigenvalue weighted by Crippen LogP contribution is 2.43. The summed E-state index contributed by atoms with van der Waals surface area (Å²) in [4.78, 5) is 45.7. The van der Waals surface area contributed by atoms with E-state index in [-0.39, 0.29) is 33.4 Å². The normalized spacial score (nSPS) is 14.9. The topological polar surface area (TPSA) is 89.7 Å². The van der Waals surface area contributed by atoms with Crippen molar-refractivity contribution in [2.75, 3.05) is 11.5 Å². The number of aryl methyl sites for hydroxylation is 1. The van der Waals surface area contributed by atoms with Crippen LogP contribution in [0.25, 0.3) is 11.0 Å². The Morgan fingerprint density at radius 3 is 2.71 bits per heavy atom. The predicted molar refractivity (Wildman–Crippen MR) is 130 cm³/mol. The van der Waals surface area contributed by atoms with E-state index in [0.29, 0.717) is 27.2 Å². The van der Waals surface area contributed by atoms with Gasteiger partial charge in [0.1, 0.15) is 17.1 Å². The van der Waals surface area contributed by atoms with Crippen molar-refractivity contribution in [2.24, 2.45) is 0 Å². The average molecular weight is 493 g/mol. The fourth-order valence-electron chi connectivity index (χ4n) is 3.95. The summed E-state index contributed by atoms with van der Waals surface area (Å²) < 4.78 is 11.1. The minimum Gasteiger partial charge on any atom is -0.457 e. The number of nitrogens with zero attached hydrogens (tertiary/aromatic N) is 2. The third-order valence-electron chi connectivity index (χ3n) is 5.47.